The van der Waals surface area contributed by atoms with Crippen LogP contribution in [0.4, 0.5) is 5.69 Å². The molecule has 0 heterocycles. The van der Waals surface area contributed by atoms with Crippen LogP contribution in [0.3, 0.4) is 0 Å². The number of ether oxygens (including phenoxy) is 2. The summed E-state index contributed by atoms with van der Waals surface area (Å²) < 4.78 is 9.89. The second-order valence-corrected chi connectivity index (χ2v) is 5.55. The molecule has 0 atom stereocenters. The molecule has 1 N–H and O–H groups in total. The quantitative estimate of drug-likeness (QED) is 0.451. The maximum atomic E-state index is 12.0. The smallest absolute Gasteiger partial charge is 0.325 e. The Kier molecular flexibility index (Phi) is 6.51. The van der Waals surface area contributed by atoms with E-state index in [0.717, 1.165) is 6.07 Å². The lowest BCUT2D eigenvalue weighted by Gasteiger charge is -2.08. The fourth-order valence-corrected chi connectivity index (χ4v) is 2.28. The zero-order valence-electron chi connectivity index (χ0n) is 13.7. The first kappa shape index (κ1) is 19.2. The minimum Gasteiger partial charge on any atom is -0.490 e. The topological polar surface area (TPSA) is 108 Å². The number of rotatable bonds is 7. The van der Waals surface area contributed by atoms with Crippen molar-refractivity contribution in [1.82, 2.24) is 5.32 Å². The Morgan fingerprint density at radius 2 is 2.00 bits per heavy atom. The van der Waals surface area contributed by atoms with Crippen molar-refractivity contribution in [2.75, 3.05) is 13.7 Å². The molecule has 26 heavy (non-hydrogen) atoms. The van der Waals surface area contributed by atoms with Gasteiger partial charge in [0.05, 0.1) is 12.0 Å². The number of esters is 1. The number of carbonyl (C=O) groups is 2. The number of nitrogens with one attached hydrogen (secondary N) is 1. The molecule has 0 spiro atoms. The molecule has 0 saturated heterocycles. The standard InChI is InChI=1S/C17H15ClN2O6/c1-25-15-6-5-12(8-14(15)20(23)24)17(22)19-9-16(21)26-10-11-3-2-4-13(18)7-11/h2-8H,9-10H2,1H3,(H,19,22). The monoisotopic (exact) mass is 378 g/mol. The van der Waals surface area contributed by atoms with E-state index in [9.17, 15) is 19.7 Å². The molecule has 0 aliphatic rings. The van der Waals surface area contributed by atoms with Crippen molar-refractivity contribution < 1.29 is 24.0 Å². The summed E-state index contributed by atoms with van der Waals surface area (Å²) in [6, 6.07) is 10.6. The van der Waals surface area contributed by atoms with Crippen LogP contribution in [0, 0.1) is 10.1 Å². The SMILES string of the molecule is COc1ccc(C(=O)NCC(=O)OCc2cccc(Cl)c2)cc1[N+](=O)[O-]. The number of methoxy groups -OCH3 is 1. The second-order valence-electron chi connectivity index (χ2n) is 5.12. The first-order valence-electron chi connectivity index (χ1n) is 7.41. The largest absolute Gasteiger partial charge is 0.490 e. The molecule has 0 unspecified atom stereocenters. The van der Waals surface area contributed by atoms with Gasteiger partial charge in [-0.1, -0.05) is 23.7 Å². The van der Waals surface area contributed by atoms with Crippen LogP contribution in [0.1, 0.15) is 15.9 Å². The number of hydrogen-bond acceptors (Lipinski definition) is 6. The summed E-state index contributed by atoms with van der Waals surface area (Å²) >= 11 is 5.83. The molecular weight excluding hydrogens is 364 g/mol. The lowest BCUT2D eigenvalue weighted by atomic mass is 10.1. The third-order valence-electron chi connectivity index (χ3n) is 3.32. The maximum absolute atomic E-state index is 12.0. The molecule has 136 valence electrons. The number of nitro benzene ring substituents is 1. The summed E-state index contributed by atoms with van der Waals surface area (Å²) in [5, 5.41) is 13.8. The lowest BCUT2D eigenvalue weighted by Crippen LogP contribution is -2.30. The van der Waals surface area contributed by atoms with Crippen molar-refractivity contribution in [2.24, 2.45) is 0 Å². The van der Waals surface area contributed by atoms with E-state index in [2.05, 4.69) is 5.32 Å². The average molecular weight is 379 g/mol. The van der Waals surface area contributed by atoms with Gasteiger partial charge in [-0.2, -0.15) is 0 Å². The summed E-state index contributed by atoms with van der Waals surface area (Å²) in [5.41, 5.74) is 0.395. The Hall–Kier alpha value is -3.13. The van der Waals surface area contributed by atoms with Gasteiger partial charge in [0.2, 0.25) is 0 Å². The molecule has 0 aliphatic heterocycles. The predicted molar refractivity (Wildman–Crippen MR) is 93.2 cm³/mol. The molecule has 2 aromatic rings. The van der Waals surface area contributed by atoms with Gasteiger partial charge >= 0.3 is 11.7 Å². The van der Waals surface area contributed by atoms with Crippen molar-refractivity contribution in [2.45, 2.75) is 6.61 Å². The number of carbonyl (C=O) groups excluding carboxylic acids is 2. The highest BCUT2D eigenvalue weighted by Gasteiger charge is 2.18. The summed E-state index contributed by atoms with van der Waals surface area (Å²) in [5.74, 6) is -1.26. The van der Waals surface area contributed by atoms with Crippen LogP contribution in [-0.2, 0) is 16.1 Å². The van der Waals surface area contributed by atoms with E-state index in [1.807, 2.05) is 0 Å². The minimum absolute atomic E-state index is 0.0171. The van der Waals surface area contributed by atoms with Gasteiger partial charge in [0.1, 0.15) is 13.2 Å². The van der Waals surface area contributed by atoms with Crippen LogP contribution in [-0.4, -0.2) is 30.5 Å². The van der Waals surface area contributed by atoms with Gasteiger partial charge in [-0.15, -0.1) is 0 Å². The van der Waals surface area contributed by atoms with Crippen molar-refractivity contribution in [1.29, 1.82) is 0 Å². The molecule has 1 amide bonds. The second kappa shape index (κ2) is 8.82. The molecule has 9 heteroatoms. The fraction of sp³-hybridized carbons (Fsp3) is 0.176. The average Bonchev–Trinajstić information content (AvgIpc) is 2.63. The van der Waals surface area contributed by atoms with Crippen LogP contribution in [0.2, 0.25) is 5.02 Å². The number of nitro groups is 1. The van der Waals surface area contributed by atoms with Crippen molar-refractivity contribution >= 4 is 29.2 Å². The summed E-state index contributed by atoms with van der Waals surface area (Å²) in [6.45, 7) is -0.359. The molecule has 0 aromatic heterocycles. The number of nitrogens with zero attached hydrogens (tertiary/aromatic N) is 1. The molecular formula is C17H15ClN2O6. The Morgan fingerprint density at radius 1 is 1.23 bits per heavy atom. The minimum atomic E-state index is -0.658. The van der Waals surface area contributed by atoms with Crippen LogP contribution < -0.4 is 10.1 Å². The maximum Gasteiger partial charge on any atom is 0.325 e. The summed E-state index contributed by atoms with van der Waals surface area (Å²) in [7, 11) is 1.29. The highest BCUT2D eigenvalue weighted by atomic mass is 35.5. The van der Waals surface area contributed by atoms with E-state index in [1.165, 1.54) is 19.2 Å². The highest BCUT2D eigenvalue weighted by molar-refractivity contribution is 6.30. The highest BCUT2D eigenvalue weighted by Crippen LogP contribution is 2.27. The first-order valence-corrected chi connectivity index (χ1v) is 7.79. The number of benzene rings is 2. The van der Waals surface area contributed by atoms with Crippen molar-refractivity contribution in [3.63, 3.8) is 0 Å². The van der Waals surface area contributed by atoms with Crippen molar-refractivity contribution in [3.8, 4) is 5.75 Å². The molecule has 0 radical (unpaired) electrons. The summed E-state index contributed by atoms with van der Waals surface area (Å²) in [6.07, 6.45) is 0. The van der Waals surface area contributed by atoms with E-state index >= 15 is 0 Å². The molecule has 0 aliphatic carbocycles. The molecule has 8 nitrogen and oxygen atoms in total. The van der Waals surface area contributed by atoms with Gasteiger partial charge in [-0.3, -0.25) is 19.7 Å². The molecule has 2 aromatic carbocycles. The Morgan fingerprint density at radius 3 is 2.65 bits per heavy atom. The molecule has 0 saturated carbocycles. The van der Waals surface area contributed by atoms with Crippen LogP contribution >= 0.6 is 11.6 Å². The van der Waals surface area contributed by atoms with Gasteiger partial charge < -0.3 is 14.8 Å². The first-order chi connectivity index (χ1) is 12.4. The van der Waals surface area contributed by atoms with Gasteiger partial charge in [0.15, 0.2) is 5.75 Å². The van der Waals surface area contributed by atoms with Gasteiger partial charge in [-0.25, -0.2) is 0 Å². The van der Waals surface area contributed by atoms with Crippen LogP contribution in [0.25, 0.3) is 0 Å². The van der Waals surface area contributed by atoms with Gasteiger partial charge in [-0.05, 0) is 29.8 Å². The van der Waals surface area contributed by atoms with E-state index in [4.69, 9.17) is 21.1 Å². The Labute approximate surface area is 153 Å². The van der Waals surface area contributed by atoms with Crippen molar-refractivity contribution in [3.05, 3.63) is 68.7 Å². The third-order valence-corrected chi connectivity index (χ3v) is 3.55. The molecule has 2 rings (SSSR count). The predicted octanol–water partition coefficient (Wildman–Crippen LogP) is 2.73. The van der Waals surface area contributed by atoms with E-state index in [1.54, 1.807) is 24.3 Å². The zero-order valence-corrected chi connectivity index (χ0v) is 14.5. The number of amides is 1. The normalized spacial score (nSPS) is 10.1. The Balaban J connectivity index is 1.90. The van der Waals surface area contributed by atoms with E-state index < -0.39 is 16.8 Å². The molecule has 0 bridgehead atoms. The number of halogens is 1. The summed E-state index contributed by atoms with van der Waals surface area (Å²) in [4.78, 5) is 34.1. The van der Waals surface area contributed by atoms with Gasteiger partial charge in [0.25, 0.3) is 5.91 Å². The number of hydrogen-bond donors (Lipinski definition) is 1. The zero-order chi connectivity index (χ0) is 19.1. The fourth-order valence-electron chi connectivity index (χ4n) is 2.07. The lowest BCUT2D eigenvalue weighted by molar-refractivity contribution is -0.385. The van der Waals surface area contributed by atoms with Crippen LogP contribution in [0.15, 0.2) is 42.5 Å². The Bertz CT molecular complexity index is 840. The molecule has 0 fully saturated rings. The third kappa shape index (κ3) is 5.18. The van der Waals surface area contributed by atoms with E-state index in [0.29, 0.717) is 10.6 Å². The van der Waals surface area contributed by atoms with E-state index in [-0.39, 0.29) is 30.2 Å². The van der Waals surface area contributed by atoms with Gasteiger partial charge in [0, 0.05) is 16.7 Å². The van der Waals surface area contributed by atoms with Crippen LogP contribution in [0.5, 0.6) is 5.75 Å².